The van der Waals surface area contributed by atoms with Gasteiger partial charge in [-0.1, -0.05) is 16.7 Å². The average Bonchev–Trinajstić information content (AvgIpc) is 2.00. The van der Waals surface area contributed by atoms with Crippen molar-refractivity contribution in [1.29, 1.82) is 0 Å². The fraction of sp³-hybridized carbons (Fsp3) is 0. The quantitative estimate of drug-likeness (QED) is 0.311. The van der Waals surface area contributed by atoms with Crippen LogP contribution in [0.5, 0.6) is 0 Å². The monoisotopic (exact) mass is 249 g/mol. The molecule has 0 bridgehead atoms. The van der Waals surface area contributed by atoms with Crippen LogP contribution >= 0.6 is 27.5 Å². The van der Waals surface area contributed by atoms with Crippen molar-refractivity contribution < 1.29 is 4.39 Å². The Morgan fingerprint density at radius 3 is 2.83 bits per heavy atom. The third kappa shape index (κ3) is 1.88. The Kier molecular flexibility index (Phi) is 2.92. The van der Waals surface area contributed by atoms with Crippen molar-refractivity contribution in [2.45, 2.75) is 0 Å². The van der Waals surface area contributed by atoms with Crippen molar-refractivity contribution in [2.75, 3.05) is 0 Å². The normalized spacial score (nSPS) is 9.25. The minimum Gasteiger partial charge on any atom is -0.207 e. The van der Waals surface area contributed by atoms with Crippen LogP contribution in [-0.4, -0.2) is 0 Å². The molecule has 6 heteroatoms. The van der Waals surface area contributed by atoms with E-state index in [-0.39, 0.29) is 10.7 Å². The zero-order valence-corrected chi connectivity index (χ0v) is 7.97. The summed E-state index contributed by atoms with van der Waals surface area (Å²) >= 11 is 8.68. The molecule has 0 radical (unpaired) electrons. The zero-order chi connectivity index (χ0) is 9.14. The molecular formula is C6H2BrClFN3. The molecule has 0 aliphatic carbocycles. The molecule has 1 aromatic rings. The Morgan fingerprint density at radius 2 is 2.25 bits per heavy atom. The summed E-state index contributed by atoms with van der Waals surface area (Å²) in [6.07, 6.45) is 0. The molecule has 0 amide bonds. The minimum atomic E-state index is -0.506. The third-order valence-electron chi connectivity index (χ3n) is 1.13. The van der Waals surface area contributed by atoms with Gasteiger partial charge < -0.3 is 0 Å². The highest BCUT2D eigenvalue weighted by atomic mass is 79.9. The summed E-state index contributed by atoms with van der Waals surface area (Å²) in [5.41, 5.74) is 8.16. The second-order valence-electron chi connectivity index (χ2n) is 1.91. The molecule has 12 heavy (non-hydrogen) atoms. The average molecular weight is 250 g/mol. The van der Waals surface area contributed by atoms with Crippen molar-refractivity contribution in [3.8, 4) is 0 Å². The molecule has 0 aromatic heterocycles. The number of rotatable bonds is 1. The summed E-state index contributed by atoms with van der Waals surface area (Å²) in [7, 11) is 0. The highest BCUT2D eigenvalue weighted by Crippen LogP contribution is 2.33. The first-order valence-corrected chi connectivity index (χ1v) is 4.02. The number of hydrogen-bond donors (Lipinski definition) is 0. The molecule has 0 heterocycles. The summed E-state index contributed by atoms with van der Waals surface area (Å²) < 4.78 is 13.0. The van der Waals surface area contributed by atoms with Gasteiger partial charge in [0.15, 0.2) is 0 Å². The van der Waals surface area contributed by atoms with Crippen LogP contribution in [0.25, 0.3) is 10.4 Å². The highest BCUT2D eigenvalue weighted by Gasteiger charge is 2.04. The number of nitrogens with zero attached hydrogens (tertiary/aromatic N) is 3. The maximum absolute atomic E-state index is 12.7. The van der Waals surface area contributed by atoms with Gasteiger partial charge in [0, 0.05) is 9.38 Å². The van der Waals surface area contributed by atoms with Gasteiger partial charge in [0.2, 0.25) is 0 Å². The molecule has 1 rings (SSSR count). The van der Waals surface area contributed by atoms with Crippen LogP contribution in [0.2, 0.25) is 5.02 Å². The Hall–Kier alpha value is -0.770. The number of halogens is 3. The molecule has 62 valence electrons. The van der Waals surface area contributed by atoms with Crippen molar-refractivity contribution in [3.05, 3.63) is 37.9 Å². The van der Waals surface area contributed by atoms with E-state index in [0.717, 1.165) is 6.07 Å². The largest absolute Gasteiger partial charge is 0.207 e. The van der Waals surface area contributed by atoms with Gasteiger partial charge in [-0.25, -0.2) is 4.39 Å². The van der Waals surface area contributed by atoms with Crippen LogP contribution in [0.15, 0.2) is 21.7 Å². The SMILES string of the molecule is [N-]=[N+]=Nc1cc(F)cc(Br)c1Cl. The lowest BCUT2D eigenvalue weighted by molar-refractivity contribution is 0.627. The van der Waals surface area contributed by atoms with E-state index < -0.39 is 5.82 Å². The second kappa shape index (κ2) is 3.76. The van der Waals surface area contributed by atoms with E-state index in [1.54, 1.807) is 0 Å². The van der Waals surface area contributed by atoms with Gasteiger partial charge in [0.25, 0.3) is 0 Å². The molecular weight excluding hydrogens is 248 g/mol. The lowest BCUT2D eigenvalue weighted by Crippen LogP contribution is -1.75. The summed E-state index contributed by atoms with van der Waals surface area (Å²) in [6, 6.07) is 2.26. The van der Waals surface area contributed by atoms with Crippen LogP contribution in [0.3, 0.4) is 0 Å². The van der Waals surface area contributed by atoms with Crippen LogP contribution in [0, 0.1) is 5.82 Å². The maximum Gasteiger partial charge on any atom is 0.124 e. The summed E-state index contributed by atoms with van der Waals surface area (Å²) in [6.45, 7) is 0. The Labute approximate surface area is 80.9 Å². The van der Waals surface area contributed by atoms with E-state index in [9.17, 15) is 4.39 Å². The molecule has 0 unspecified atom stereocenters. The molecule has 0 saturated heterocycles. The van der Waals surface area contributed by atoms with Crippen LogP contribution in [-0.2, 0) is 0 Å². The van der Waals surface area contributed by atoms with Gasteiger partial charge in [-0.2, -0.15) is 0 Å². The number of azide groups is 1. The fourth-order valence-electron chi connectivity index (χ4n) is 0.663. The van der Waals surface area contributed by atoms with E-state index in [1.807, 2.05) is 0 Å². The van der Waals surface area contributed by atoms with Gasteiger partial charge >= 0.3 is 0 Å². The van der Waals surface area contributed by atoms with Crippen molar-refractivity contribution in [1.82, 2.24) is 0 Å². The zero-order valence-electron chi connectivity index (χ0n) is 5.63. The lowest BCUT2D eigenvalue weighted by Gasteiger charge is -1.99. The predicted molar refractivity (Wildman–Crippen MR) is 47.9 cm³/mol. The first kappa shape index (κ1) is 9.32. The van der Waals surface area contributed by atoms with Crippen LogP contribution in [0.4, 0.5) is 10.1 Å². The van der Waals surface area contributed by atoms with Gasteiger partial charge in [0.05, 0.1) is 10.7 Å². The van der Waals surface area contributed by atoms with Crippen molar-refractivity contribution in [2.24, 2.45) is 5.11 Å². The highest BCUT2D eigenvalue weighted by molar-refractivity contribution is 9.10. The van der Waals surface area contributed by atoms with Crippen LogP contribution < -0.4 is 0 Å². The van der Waals surface area contributed by atoms with Crippen LogP contribution in [0.1, 0.15) is 0 Å². The smallest absolute Gasteiger partial charge is 0.124 e. The molecule has 3 nitrogen and oxygen atoms in total. The Balaban J connectivity index is 3.36. The van der Waals surface area contributed by atoms with Gasteiger partial charge in [-0.15, -0.1) is 0 Å². The standard InChI is InChI=1S/C6H2BrClFN3/c7-4-1-3(9)2-5(6(4)8)11-12-10/h1-2H. The first-order chi connectivity index (χ1) is 5.65. The Bertz CT molecular complexity index is 362. The molecule has 0 spiro atoms. The molecule has 0 fully saturated rings. The van der Waals surface area contributed by atoms with E-state index in [0.29, 0.717) is 4.47 Å². The van der Waals surface area contributed by atoms with E-state index in [4.69, 9.17) is 17.1 Å². The summed E-state index contributed by atoms with van der Waals surface area (Å²) in [5.74, 6) is -0.506. The summed E-state index contributed by atoms with van der Waals surface area (Å²) in [4.78, 5) is 2.50. The topological polar surface area (TPSA) is 48.8 Å². The molecule has 0 aliphatic rings. The minimum absolute atomic E-state index is 0.0750. The molecule has 0 saturated carbocycles. The lowest BCUT2D eigenvalue weighted by atomic mass is 10.3. The molecule has 1 aromatic carbocycles. The van der Waals surface area contributed by atoms with Gasteiger partial charge in [-0.3, -0.25) is 0 Å². The fourth-order valence-corrected chi connectivity index (χ4v) is 1.23. The second-order valence-corrected chi connectivity index (χ2v) is 3.14. The van der Waals surface area contributed by atoms with Crippen molar-refractivity contribution >= 4 is 33.2 Å². The molecule has 0 atom stereocenters. The van der Waals surface area contributed by atoms with Gasteiger partial charge in [0.1, 0.15) is 5.82 Å². The predicted octanol–water partition coefficient (Wildman–Crippen LogP) is 4.18. The number of hydrogen-bond acceptors (Lipinski definition) is 1. The Morgan fingerprint density at radius 1 is 1.58 bits per heavy atom. The summed E-state index contributed by atoms with van der Waals surface area (Å²) in [5, 5.41) is 3.41. The first-order valence-electron chi connectivity index (χ1n) is 2.85. The van der Waals surface area contributed by atoms with Crippen molar-refractivity contribution in [3.63, 3.8) is 0 Å². The van der Waals surface area contributed by atoms with Gasteiger partial charge in [-0.05, 0) is 33.6 Å². The molecule has 0 aliphatic heterocycles. The number of benzene rings is 1. The molecule has 0 N–H and O–H groups in total. The third-order valence-corrected chi connectivity index (χ3v) is 2.38. The maximum atomic E-state index is 12.7. The van der Waals surface area contributed by atoms with E-state index in [2.05, 4.69) is 26.0 Å². The van der Waals surface area contributed by atoms with E-state index in [1.165, 1.54) is 6.07 Å². The van der Waals surface area contributed by atoms with E-state index >= 15 is 0 Å².